The maximum Gasteiger partial charge on any atom is 0.471 e. The van der Waals surface area contributed by atoms with Crippen molar-refractivity contribution in [3.63, 3.8) is 0 Å². The van der Waals surface area contributed by atoms with Crippen molar-refractivity contribution < 1.29 is 32.2 Å². The van der Waals surface area contributed by atoms with E-state index in [-0.39, 0.29) is 18.1 Å². The molecule has 40 heavy (non-hydrogen) atoms. The summed E-state index contributed by atoms with van der Waals surface area (Å²) in [6, 6.07) is 9.11. The van der Waals surface area contributed by atoms with E-state index in [1.54, 1.807) is 6.20 Å². The van der Waals surface area contributed by atoms with E-state index in [1.165, 1.54) is 36.5 Å². The Labute approximate surface area is 227 Å². The number of hydrogen-bond donors (Lipinski definition) is 2. The molecular weight excluding hydrogens is 529 g/mol. The molecule has 0 radical (unpaired) electrons. The zero-order valence-electron chi connectivity index (χ0n) is 21.2. The molecule has 1 aromatic carbocycles. The van der Waals surface area contributed by atoms with Gasteiger partial charge in [-0.05, 0) is 42.0 Å². The smallest absolute Gasteiger partial charge is 0.471 e. The minimum atomic E-state index is -5.12. The number of alkyl halides is 3. The van der Waals surface area contributed by atoms with Crippen molar-refractivity contribution in [3.8, 4) is 5.75 Å². The van der Waals surface area contributed by atoms with Crippen LogP contribution in [0.25, 0.3) is 0 Å². The third-order valence-electron chi connectivity index (χ3n) is 6.37. The summed E-state index contributed by atoms with van der Waals surface area (Å²) in [5, 5.41) is 5.63. The Morgan fingerprint density at radius 2 is 1.95 bits per heavy atom. The summed E-state index contributed by atoms with van der Waals surface area (Å²) in [6.07, 6.45) is -1.12. The number of hydrogen-bond acceptors (Lipinski definition) is 8. The summed E-state index contributed by atoms with van der Waals surface area (Å²) in [7, 11) is 0. The molecule has 2 amide bonds. The van der Waals surface area contributed by atoms with Crippen LogP contribution in [0, 0.1) is 0 Å². The van der Waals surface area contributed by atoms with Gasteiger partial charge in [-0.15, -0.1) is 0 Å². The molecule has 0 bridgehead atoms. The lowest BCUT2D eigenvalue weighted by molar-refractivity contribution is -0.170. The number of benzene rings is 1. The first-order chi connectivity index (χ1) is 19.2. The molecule has 2 aliphatic rings. The molecule has 1 saturated heterocycles. The third kappa shape index (κ3) is 5.83. The van der Waals surface area contributed by atoms with Crippen LogP contribution in [0.4, 0.5) is 41.9 Å². The first-order valence-corrected chi connectivity index (χ1v) is 12.3. The zero-order chi connectivity index (χ0) is 28.3. The van der Waals surface area contributed by atoms with E-state index in [0.717, 1.165) is 17.3 Å². The van der Waals surface area contributed by atoms with Crippen LogP contribution >= 0.6 is 0 Å². The Bertz CT molecular complexity index is 1420. The predicted molar refractivity (Wildman–Crippen MR) is 142 cm³/mol. The van der Waals surface area contributed by atoms with Gasteiger partial charge in [0, 0.05) is 36.9 Å². The Morgan fingerprint density at radius 3 is 2.65 bits per heavy atom. The molecule has 2 N–H and O–H groups in total. The zero-order valence-corrected chi connectivity index (χ0v) is 21.2. The van der Waals surface area contributed by atoms with E-state index < -0.39 is 24.5 Å². The van der Waals surface area contributed by atoms with Crippen molar-refractivity contribution in [1.29, 1.82) is 0 Å². The normalized spacial score (nSPS) is 14.5. The highest BCUT2D eigenvalue weighted by Crippen LogP contribution is 2.39. The molecule has 0 unspecified atom stereocenters. The number of carbonyl (C=O) groups is 2. The van der Waals surface area contributed by atoms with Gasteiger partial charge in [0.1, 0.15) is 24.0 Å². The molecular formula is C27H25F3N6O4. The number of halogens is 3. The number of morpholine rings is 1. The minimum absolute atomic E-state index is 0.00556. The number of amides is 2. The van der Waals surface area contributed by atoms with Gasteiger partial charge in [0.05, 0.1) is 31.0 Å². The largest absolute Gasteiger partial charge is 0.486 e. The van der Waals surface area contributed by atoms with Crippen molar-refractivity contribution in [3.05, 3.63) is 72.6 Å². The molecule has 3 aromatic rings. The Hall–Kier alpha value is -4.65. The van der Waals surface area contributed by atoms with Crippen LogP contribution in [0.1, 0.15) is 11.1 Å². The average molecular weight is 555 g/mol. The van der Waals surface area contributed by atoms with Gasteiger partial charge in [-0.3, -0.25) is 9.59 Å². The summed E-state index contributed by atoms with van der Waals surface area (Å²) in [6.45, 7) is 5.73. The molecule has 13 heteroatoms. The fraction of sp³-hybridized carbons (Fsp3) is 0.259. The topological polar surface area (TPSA) is 109 Å². The number of aromatic nitrogens is 2. The number of rotatable bonds is 6. The van der Waals surface area contributed by atoms with E-state index in [9.17, 15) is 22.8 Å². The Kier molecular flexibility index (Phi) is 7.56. The van der Waals surface area contributed by atoms with Crippen molar-refractivity contribution in [2.75, 3.05) is 46.7 Å². The molecule has 0 atom stereocenters. The van der Waals surface area contributed by atoms with Crippen molar-refractivity contribution in [2.24, 2.45) is 0 Å². The molecule has 5 rings (SSSR count). The van der Waals surface area contributed by atoms with E-state index in [0.29, 0.717) is 54.0 Å². The summed E-state index contributed by atoms with van der Waals surface area (Å²) in [5.41, 5.74) is 2.41. The summed E-state index contributed by atoms with van der Waals surface area (Å²) in [4.78, 5) is 35.2. The van der Waals surface area contributed by atoms with Gasteiger partial charge in [-0.1, -0.05) is 12.6 Å². The number of fused-ring (bicyclic) bond motifs is 2. The van der Waals surface area contributed by atoms with Gasteiger partial charge >= 0.3 is 12.1 Å². The highest BCUT2D eigenvalue weighted by molar-refractivity contribution is 5.99. The second-order valence-electron chi connectivity index (χ2n) is 8.98. The molecule has 0 aliphatic carbocycles. The summed E-state index contributed by atoms with van der Waals surface area (Å²) >= 11 is 0. The van der Waals surface area contributed by atoms with Gasteiger partial charge in [0.2, 0.25) is 5.91 Å². The van der Waals surface area contributed by atoms with E-state index in [2.05, 4.69) is 32.1 Å². The van der Waals surface area contributed by atoms with Crippen LogP contribution in [0.2, 0.25) is 0 Å². The number of ether oxygens (including phenoxy) is 2. The molecule has 0 saturated carbocycles. The van der Waals surface area contributed by atoms with Gasteiger partial charge < -0.3 is 29.9 Å². The van der Waals surface area contributed by atoms with Crippen LogP contribution in [-0.4, -0.2) is 54.3 Å². The number of pyridine rings is 2. The maximum absolute atomic E-state index is 13.6. The summed E-state index contributed by atoms with van der Waals surface area (Å²) in [5.74, 6) is -1.43. The molecule has 0 spiro atoms. The van der Waals surface area contributed by atoms with Crippen LogP contribution < -0.4 is 25.2 Å². The van der Waals surface area contributed by atoms with E-state index >= 15 is 0 Å². The predicted octanol–water partition coefficient (Wildman–Crippen LogP) is 4.17. The van der Waals surface area contributed by atoms with Crippen LogP contribution in [0.15, 0.2) is 61.4 Å². The highest BCUT2D eigenvalue weighted by atomic mass is 19.4. The first kappa shape index (κ1) is 26.9. The lowest BCUT2D eigenvalue weighted by Crippen LogP contribution is -2.40. The molecule has 4 heterocycles. The fourth-order valence-corrected chi connectivity index (χ4v) is 4.40. The third-order valence-corrected chi connectivity index (χ3v) is 6.37. The number of anilines is 5. The molecule has 2 aliphatic heterocycles. The summed E-state index contributed by atoms with van der Waals surface area (Å²) < 4.78 is 52.3. The first-order valence-electron chi connectivity index (χ1n) is 12.3. The quantitative estimate of drug-likeness (QED) is 0.437. The van der Waals surface area contributed by atoms with Gasteiger partial charge in [0.25, 0.3) is 0 Å². The van der Waals surface area contributed by atoms with Crippen LogP contribution in [0.5, 0.6) is 5.75 Å². The molecule has 10 nitrogen and oxygen atoms in total. The lowest BCUT2D eigenvalue weighted by Gasteiger charge is -2.30. The van der Waals surface area contributed by atoms with E-state index in [4.69, 9.17) is 9.47 Å². The second-order valence-corrected chi connectivity index (χ2v) is 8.98. The van der Waals surface area contributed by atoms with Gasteiger partial charge in [-0.25, -0.2) is 9.97 Å². The SMILES string of the molecule is C=CC(=O)Nc1ccc(CN(C(=O)C(F)(F)F)c2ccc3c(c2)Nc2nccc(N4CCOCC4)c2CO3)cn1. The Morgan fingerprint density at radius 1 is 1.15 bits per heavy atom. The number of nitrogens with one attached hydrogen (secondary N) is 2. The molecule has 208 valence electrons. The minimum Gasteiger partial charge on any atom is -0.486 e. The monoisotopic (exact) mass is 554 g/mol. The lowest BCUT2D eigenvalue weighted by atomic mass is 10.1. The maximum atomic E-state index is 13.6. The fourth-order valence-electron chi connectivity index (χ4n) is 4.40. The Balaban J connectivity index is 1.44. The van der Waals surface area contributed by atoms with Crippen molar-refractivity contribution in [1.82, 2.24) is 9.97 Å². The molecule has 1 fully saturated rings. The number of nitrogens with zero attached hydrogens (tertiary/aromatic N) is 4. The van der Waals surface area contributed by atoms with Crippen LogP contribution in [-0.2, 0) is 27.5 Å². The molecule has 2 aromatic heterocycles. The van der Waals surface area contributed by atoms with E-state index in [1.807, 2.05) is 6.07 Å². The number of carbonyl (C=O) groups excluding carboxylic acids is 2. The van der Waals surface area contributed by atoms with Gasteiger partial charge in [-0.2, -0.15) is 13.2 Å². The van der Waals surface area contributed by atoms with Crippen molar-refractivity contribution in [2.45, 2.75) is 19.3 Å². The van der Waals surface area contributed by atoms with Crippen LogP contribution in [0.3, 0.4) is 0 Å². The average Bonchev–Trinajstić information content (AvgIpc) is 3.15. The highest BCUT2D eigenvalue weighted by Gasteiger charge is 2.43. The second kappa shape index (κ2) is 11.2. The standard InChI is InChI=1S/C27H25F3N6O4/c1-2-24(37)34-23-6-3-17(14-32-23)15-36(26(38)27(28,29)30)18-4-5-22-20(13-18)33-25-19(16-40-22)21(7-8-31-25)35-9-11-39-12-10-35/h2-8,13-14H,1,9-12,15-16H2,(H,31,33)(H,32,34,37). The van der Waals surface area contributed by atoms with Gasteiger partial charge in [0.15, 0.2) is 0 Å². The van der Waals surface area contributed by atoms with Crippen molar-refractivity contribution >= 4 is 40.5 Å².